The number of benzene rings is 2. The molecule has 0 saturated heterocycles. The molecule has 0 aliphatic carbocycles. The first-order valence-corrected chi connectivity index (χ1v) is 7.05. The Kier molecular flexibility index (Phi) is 3.73. The second kappa shape index (κ2) is 5.32. The minimum Gasteiger partial charge on any atom is -0.478 e. The maximum atomic E-state index is 11.1. The summed E-state index contributed by atoms with van der Waals surface area (Å²) >= 11 is 0. The van der Waals surface area contributed by atoms with Crippen LogP contribution < -0.4 is 9.88 Å². The summed E-state index contributed by atoms with van der Waals surface area (Å²) in [4.78, 5) is 11.0. The first-order chi connectivity index (χ1) is 9.38. The lowest BCUT2D eigenvalue weighted by Gasteiger charge is -2.08. The molecule has 0 atom stereocenters. The molecule has 0 aliphatic rings. The zero-order chi connectivity index (χ0) is 14.8. The summed E-state index contributed by atoms with van der Waals surface area (Å²) in [6, 6.07) is 11.5. The Morgan fingerprint density at radius 3 is 2.20 bits per heavy atom. The minimum absolute atomic E-state index is 0.0167. The summed E-state index contributed by atoms with van der Waals surface area (Å²) in [6.45, 7) is 0. The molecule has 0 saturated carbocycles. The predicted molar refractivity (Wildman–Crippen MR) is 71.3 cm³/mol. The molecule has 3 N–H and O–H groups in total. The third-order valence-electron chi connectivity index (χ3n) is 2.50. The Bertz CT molecular complexity index is 738. The topological polar surface area (TPSA) is 107 Å². The second-order valence-corrected chi connectivity index (χ2v) is 5.48. The van der Waals surface area contributed by atoms with Gasteiger partial charge < -0.3 is 9.84 Å². The number of rotatable bonds is 4. The number of para-hydroxylation sites is 1. The second-order valence-electron chi connectivity index (χ2n) is 3.92. The number of hydrogen-bond acceptors (Lipinski definition) is 4. The van der Waals surface area contributed by atoms with Gasteiger partial charge in [-0.3, -0.25) is 0 Å². The lowest BCUT2D eigenvalue weighted by Crippen LogP contribution is -2.11. The minimum atomic E-state index is -3.76. The van der Waals surface area contributed by atoms with Crippen molar-refractivity contribution in [1.82, 2.24) is 0 Å². The molecule has 0 heterocycles. The van der Waals surface area contributed by atoms with Crippen molar-refractivity contribution >= 4 is 16.0 Å². The molecule has 0 fully saturated rings. The van der Waals surface area contributed by atoms with Crippen LogP contribution in [-0.2, 0) is 10.0 Å². The molecule has 2 aromatic rings. The van der Waals surface area contributed by atoms with Gasteiger partial charge in [0.15, 0.2) is 0 Å². The Morgan fingerprint density at radius 2 is 1.65 bits per heavy atom. The molecule has 2 rings (SSSR count). The van der Waals surface area contributed by atoms with Gasteiger partial charge in [0.05, 0.1) is 4.90 Å². The van der Waals surface area contributed by atoms with Crippen LogP contribution in [0.5, 0.6) is 11.5 Å². The van der Waals surface area contributed by atoms with E-state index in [2.05, 4.69) is 0 Å². The van der Waals surface area contributed by atoms with Gasteiger partial charge in [-0.1, -0.05) is 12.1 Å². The van der Waals surface area contributed by atoms with Crippen LogP contribution >= 0.6 is 0 Å². The molecule has 2 aromatic carbocycles. The van der Waals surface area contributed by atoms with Gasteiger partial charge in [0.25, 0.3) is 0 Å². The normalized spacial score (nSPS) is 11.1. The van der Waals surface area contributed by atoms with Crippen LogP contribution in [0.25, 0.3) is 0 Å². The fraction of sp³-hybridized carbons (Fsp3) is 0. The molecule has 7 heteroatoms. The number of primary sulfonamides is 1. The van der Waals surface area contributed by atoms with Gasteiger partial charge in [-0.25, -0.2) is 18.4 Å². The number of aromatic carboxylic acids is 1. The lowest BCUT2D eigenvalue weighted by molar-refractivity contribution is 0.0694. The van der Waals surface area contributed by atoms with E-state index in [-0.39, 0.29) is 16.2 Å². The van der Waals surface area contributed by atoms with E-state index in [4.69, 9.17) is 15.0 Å². The molecule has 0 bridgehead atoms. The first kappa shape index (κ1) is 14.0. The van der Waals surface area contributed by atoms with E-state index >= 15 is 0 Å². The van der Waals surface area contributed by atoms with Crippen LogP contribution in [0.1, 0.15) is 10.4 Å². The standard InChI is InChI=1S/C13H11NO5S/c14-20(17,18)10-7-5-9(6-8-10)19-12-4-2-1-3-11(12)13(15)16/h1-8H,(H,15,16)(H2,14,17,18). The predicted octanol–water partition coefficient (Wildman–Crippen LogP) is 1.82. The van der Waals surface area contributed by atoms with Crippen molar-refractivity contribution in [3.63, 3.8) is 0 Å². The Balaban J connectivity index is 2.30. The van der Waals surface area contributed by atoms with Gasteiger partial charge in [-0.05, 0) is 36.4 Å². The van der Waals surface area contributed by atoms with Gasteiger partial charge >= 0.3 is 5.97 Å². The number of carboxylic acids is 1. The summed E-state index contributed by atoms with van der Waals surface area (Å²) in [5, 5.41) is 14.0. The summed E-state index contributed by atoms with van der Waals surface area (Å²) in [5.41, 5.74) is 0.0167. The third-order valence-corrected chi connectivity index (χ3v) is 3.43. The molecule has 6 nitrogen and oxygen atoms in total. The van der Waals surface area contributed by atoms with Crippen molar-refractivity contribution in [1.29, 1.82) is 0 Å². The molecular weight excluding hydrogens is 282 g/mol. The summed E-state index contributed by atoms with van der Waals surface area (Å²) in [6.07, 6.45) is 0. The molecule has 20 heavy (non-hydrogen) atoms. The lowest BCUT2D eigenvalue weighted by atomic mass is 10.2. The number of carboxylic acid groups (broad SMARTS) is 1. The van der Waals surface area contributed by atoms with E-state index < -0.39 is 16.0 Å². The maximum Gasteiger partial charge on any atom is 0.339 e. The zero-order valence-electron chi connectivity index (χ0n) is 10.2. The number of sulfonamides is 1. The van der Waals surface area contributed by atoms with Crippen LogP contribution in [0.3, 0.4) is 0 Å². The Labute approximate surface area is 115 Å². The number of ether oxygens (including phenoxy) is 1. The largest absolute Gasteiger partial charge is 0.478 e. The number of nitrogens with two attached hydrogens (primary N) is 1. The molecule has 0 aliphatic heterocycles. The van der Waals surface area contributed by atoms with E-state index in [1.165, 1.54) is 36.4 Å². The Hall–Kier alpha value is -2.38. The first-order valence-electron chi connectivity index (χ1n) is 5.51. The highest BCUT2D eigenvalue weighted by molar-refractivity contribution is 7.89. The van der Waals surface area contributed by atoms with Crippen molar-refractivity contribution < 1.29 is 23.1 Å². The fourth-order valence-corrected chi connectivity index (χ4v) is 2.07. The van der Waals surface area contributed by atoms with Crippen LogP contribution in [0, 0.1) is 0 Å². The number of carbonyl (C=O) groups is 1. The van der Waals surface area contributed by atoms with Crippen LogP contribution in [0.4, 0.5) is 0 Å². The Morgan fingerprint density at radius 1 is 1.05 bits per heavy atom. The molecule has 0 spiro atoms. The van der Waals surface area contributed by atoms with Crippen LogP contribution in [0.15, 0.2) is 53.4 Å². The summed E-state index contributed by atoms with van der Waals surface area (Å²) in [5.74, 6) is -0.629. The molecule has 0 amide bonds. The van der Waals surface area contributed by atoms with E-state index in [0.717, 1.165) is 0 Å². The van der Waals surface area contributed by atoms with E-state index in [1.807, 2.05) is 0 Å². The van der Waals surface area contributed by atoms with Gasteiger partial charge in [0.1, 0.15) is 17.1 Å². The maximum absolute atomic E-state index is 11.1. The smallest absolute Gasteiger partial charge is 0.339 e. The average Bonchev–Trinajstić information content (AvgIpc) is 2.38. The molecular formula is C13H11NO5S. The average molecular weight is 293 g/mol. The highest BCUT2D eigenvalue weighted by atomic mass is 32.2. The van der Waals surface area contributed by atoms with Gasteiger partial charge in [-0.15, -0.1) is 0 Å². The highest BCUT2D eigenvalue weighted by Gasteiger charge is 2.12. The monoisotopic (exact) mass is 293 g/mol. The molecule has 104 valence electrons. The molecule has 0 unspecified atom stereocenters. The van der Waals surface area contributed by atoms with E-state index in [0.29, 0.717) is 5.75 Å². The van der Waals surface area contributed by atoms with Crippen molar-refractivity contribution in [2.24, 2.45) is 5.14 Å². The molecule has 0 radical (unpaired) electrons. The van der Waals surface area contributed by atoms with E-state index in [1.54, 1.807) is 12.1 Å². The number of hydrogen-bond donors (Lipinski definition) is 2. The van der Waals surface area contributed by atoms with E-state index in [9.17, 15) is 13.2 Å². The van der Waals surface area contributed by atoms with Crippen LogP contribution in [0.2, 0.25) is 0 Å². The van der Waals surface area contributed by atoms with Crippen molar-refractivity contribution in [3.05, 3.63) is 54.1 Å². The zero-order valence-corrected chi connectivity index (χ0v) is 11.0. The van der Waals surface area contributed by atoms with Crippen LogP contribution in [-0.4, -0.2) is 19.5 Å². The van der Waals surface area contributed by atoms with Gasteiger partial charge in [0.2, 0.25) is 10.0 Å². The summed E-state index contributed by atoms with van der Waals surface area (Å²) in [7, 11) is -3.76. The van der Waals surface area contributed by atoms with Gasteiger partial charge in [0, 0.05) is 0 Å². The van der Waals surface area contributed by atoms with Crippen molar-refractivity contribution in [3.8, 4) is 11.5 Å². The van der Waals surface area contributed by atoms with Gasteiger partial charge in [-0.2, -0.15) is 0 Å². The summed E-state index contributed by atoms with van der Waals surface area (Å²) < 4.78 is 27.6. The van der Waals surface area contributed by atoms with Crippen molar-refractivity contribution in [2.75, 3.05) is 0 Å². The quantitative estimate of drug-likeness (QED) is 0.894. The third kappa shape index (κ3) is 3.14. The molecule has 0 aromatic heterocycles. The fourth-order valence-electron chi connectivity index (χ4n) is 1.56. The van der Waals surface area contributed by atoms with Crippen molar-refractivity contribution in [2.45, 2.75) is 4.90 Å². The SMILES string of the molecule is NS(=O)(=O)c1ccc(Oc2ccccc2C(=O)O)cc1. The highest BCUT2D eigenvalue weighted by Crippen LogP contribution is 2.26.